The van der Waals surface area contributed by atoms with Crippen molar-refractivity contribution in [3.05, 3.63) is 48.3 Å². The third-order valence-corrected chi connectivity index (χ3v) is 3.25. The predicted octanol–water partition coefficient (Wildman–Crippen LogP) is 3.80. The molecule has 82 valence electrons. The van der Waals surface area contributed by atoms with Gasteiger partial charge in [-0.1, -0.05) is 30.3 Å². The van der Waals surface area contributed by atoms with E-state index in [0.29, 0.717) is 0 Å². The maximum atomic E-state index is 13.4. The Kier molecular flexibility index (Phi) is 3.15. The first-order valence-corrected chi connectivity index (χ1v) is 6.14. The molecule has 0 spiro atoms. The summed E-state index contributed by atoms with van der Waals surface area (Å²) in [6, 6.07) is 12.7. The number of halogens is 1. The van der Waals surface area contributed by atoms with Gasteiger partial charge in [0.2, 0.25) is 0 Å². The molecule has 0 aromatic heterocycles. The van der Waals surface area contributed by atoms with E-state index in [1.807, 2.05) is 36.6 Å². The van der Waals surface area contributed by atoms with Gasteiger partial charge in [-0.25, -0.2) is 4.39 Å². The van der Waals surface area contributed by atoms with Crippen molar-refractivity contribution in [2.45, 2.75) is 4.90 Å². The minimum absolute atomic E-state index is 0.212. The molecule has 0 aliphatic rings. The van der Waals surface area contributed by atoms with Gasteiger partial charge in [-0.2, -0.15) is 0 Å². The molecular formula is C13H12FNS. The minimum atomic E-state index is -0.367. The Morgan fingerprint density at radius 3 is 2.44 bits per heavy atom. The molecule has 2 N–H and O–H groups in total. The molecule has 0 atom stereocenters. The van der Waals surface area contributed by atoms with Gasteiger partial charge in [0.1, 0.15) is 5.82 Å². The van der Waals surface area contributed by atoms with Gasteiger partial charge in [0, 0.05) is 10.5 Å². The molecule has 2 aromatic carbocycles. The second-order valence-corrected chi connectivity index (χ2v) is 4.25. The van der Waals surface area contributed by atoms with Crippen LogP contribution in [0.5, 0.6) is 0 Å². The van der Waals surface area contributed by atoms with E-state index >= 15 is 0 Å². The number of anilines is 1. The molecule has 2 rings (SSSR count). The first-order chi connectivity index (χ1) is 7.74. The molecule has 0 saturated carbocycles. The van der Waals surface area contributed by atoms with Crippen molar-refractivity contribution in [2.75, 3.05) is 12.0 Å². The smallest absolute Gasteiger partial charge is 0.146 e. The second kappa shape index (κ2) is 4.58. The quantitative estimate of drug-likeness (QED) is 0.630. The van der Waals surface area contributed by atoms with E-state index in [1.165, 1.54) is 6.07 Å². The standard InChI is InChI=1S/C13H12FNS/c1-16-12-8-3-2-5-9(12)10-6-4-7-11(14)13(10)15/h2-8H,15H2,1H3. The summed E-state index contributed by atoms with van der Waals surface area (Å²) in [6.07, 6.45) is 1.99. The SMILES string of the molecule is CSc1ccccc1-c1cccc(F)c1N. The van der Waals surface area contributed by atoms with Crippen LogP contribution in [0.3, 0.4) is 0 Å². The fourth-order valence-electron chi connectivity index (χ4n) is 1.64. The molecule has 0 bridgehead atoms. The lowest BCUT2D eigenvalue weighted by atomic mass is 10.0. The van der Waals surface area contributed by atoms with E-state index in [2.05, 4.69) is 0 Å². The van der Waals surface area contributed by atoms with Crippen molar-refractivity contribution in [1.29, 1.82) is 0 Å². The van der Waals surface area contributed by atoms with Crippen LogP contribution in [0.15, 0.2) is 47.4 Å². The van der Waals surface area contributed by atoms with Crippen molar-refractivity contribution >= 4 is 17.4 Å². The van der Waals surface area contributed by atoms with Crippen molar-refractivity contribution < 1.29 is 4.39 Å². The van der Waals surface area contributed by atoms with Crippen LogP contribution in [0.1, 0.15) is 0 Å². The number of thioether (sulfide) groups is 1. The monoisotopic (exact) mass is 233 g/mol. The van der Waals surface area contributed by atoms with Gasteiger partial charge in [-0.15, -0.1) is 11.8 Å². The van der Waals surface area contributed by atoms with E-state index in [0.717, 1.165) is 16.0 Å². The summed E-state index contributed by atoms with van der Waals surface area (Å²) in [6.45, 7) is 0. The molecule has 0 heterocycles. The second-order valence-electron chi connectivity index (χ2n) is 3.40. The van der Waals surface area contributed by atoms with Crippen LogP contribution in [0.25, 0.3) is 11.1 Å². The highest BCUT2D eigenvalue weighted by Crippen LogP contribution is 2.34. The lowest BCUT2D eigenvalue weighted by Crippen LogP contribution is -1.94. The molecule has 3 heteroatoms. The van der Waals surface area contributed by atoms with Crippen molar-refractivity contribution in [2.24, 2.45) is 0 Å². The molecule has 0 aliphatic heterocycles. The summed E-state index contributed by atoms with van der Waals surface area (Å²) in [5.74, 6) is -0.367. The number of rotatable bonds is 2. The van der Waals surface area contributed by atoms with Crippen molar-refractivity contribution in [1.82, 2.24) is 0 Å². The Balaban J connectivity index is 2.63. The third-order valence-electron chi connectivity index (χ3n) is 2.45. The Hall–Kier alpha value is -1.48. The molecule has 2 aromatic rings. The predicted molar refractivity (Wildman–Crippen MR) is 68.0 cm³/mol. The lowest BCUT2D eigenvalue weighted by molar-refractivity contribution is 0.633. The maximum absolute atomic E-state index is 13.4. The van der Waals surface area contributed by atoms with Gasteiger partial charge in [-0.3, -0.25) is 0 Å². The molecule has 1 nitrogen and oxygen atoms in total. The average molecular weight is 233 g/mol. The molecule has 0 unspecified atom stereocenters. The highest BCUT2D eigenvalue weighted by molar-refractivity contribution is 7.98. The normalized spacial score (nSPS) is 10.4. The Morgan fingerprint density at radius 2 is 1.69 bits per heavy atom. The number of nitrogen functional groups attached to an aromatic ring is 1. The fraction of sp³-hybridized carbons (Fsp3) is 0.0769. The largest absolute Gasteiger partial charge is 0.396 e. The number of para-hydroxylation sites is 1. The first-order valence-electron chi connectivity index (χ1n) is 4.91. The zero-order valence-corrected chi connectivity index (χ0v) is 9.72. The zero-order chi connectivity index (χ0) is 11.5. The van der Waals surface area contributed by atoms with E-state index in [9.17, 15) is 4.39 Å². The van der Waals surface area contributed by atoms with Gasteiger partial charge < -0.3 is 5.73 Å². The van der Waals surface area contributed by atoms with E-state index < -0.39 is 0 Å². The summed E-state index contributed by atoms with van der Waals surface area (Å²) in [4.78, 5) is 1.10. The van der Waals surface area contributed by atoms with Crippen LogP contribution in [-0.2, 0) is 0 Å². The minimum Gasteiger partial charge on any atom is -0.396 e. The third kappa shape index (κ3) is 1.91. The lowest BCUT2D eigenvalue weighted by Gasteiger charge is -2.10. The molecule has 0 fully saturated rings. The van der Waals surface area contributed by atoms with Gasteiger partial charge in [0.05, 0.1) is 5.69 Å². The van der Waals surface area contributed by atoms with Crippen LogP contribution >= 0.6 is 11.8 Å². The first kappa shape index (κ1) is 11.0. The fourth-order valence-corrected chi connectivity index (χ4v) is 2.25. The molecule has 0 amide bonds. The molecule has 16 heavy (non-hydrogen) atoms. The summed E-state index contributed by atoms with van der Waals surface area (Å²) in [5, 5.41) is 0. The molecule has 0 aliphatic carbocycles. The average Bonchev–Trinajstić information content (AvgIpc) is 2.33. The van der Waals surface area contributed by atoms with Crippen molar-refractivity contribution in [3.63, 3.8) is 0 Å². The highest BCUT2D eigenvalue weighted by Gasteiger charge is 2.09. The van der Waals surface area contributed by atoms with E-state index in [-0.39, 0.29) is 11.5 Å². The topological polar surface area (TPSA) is 26.0 Å². The summed E-state index contributed by atoms with van der Waals surface area (Å²) >= 11 is 1.63. The van der Waals surface area contributed by atoms with E-state index in [1.54, 1.807) is 17.8 Å². The Bertz CT molecular complexity index is 511. The maximum Gasteiger partial charge on any atom is 0.146 e. The Morgan fingerprint density at radius 1 is 1.00 bits per heavy atom. The number of hydrogen-bond acceptors (Lipinski definition) is 2. The van der Waals surface area contributed by atoms with Crippen LogP contribution in [-0.4, -0.2) is 6.26 Å². The number of benzene rings is 2. The summed E-state index contributed by atoms with van der Waals surface area (Å²) in [5.41, 5.74) is 7.70. The summed E-state index contributed by atoms with van der Waals surface area (Å²) in [7, 11) is 0. The van der Waals surface area contributed by atoms with Gasteiger partial charge in [0.15, 0.2) is 0 Å². The van der Waals surface area contributed by atoms with Crippen LogP contribution < -0.4 is 5.73 Å². The van der Waals surface area contributed by atoms with Crippen LogP contribution in [0, 0.1) is 5.82 Å². The molecule has 0 saturated heterocycles. The van der Waals surface area contributed by atoms with Gasteiger partial charge >= 0.3 is 0 Å². The summed E-state index contributed by atoms with van der Waals surface area (Å²) < 4.78 is 13.4. The van der Waals surface area contributed by atoms with Gasteiger partial charge in [0.25, 0.3) is 0 Å². The van der Waals surface area contributed by atoms with Crippen LogP contribution in [0.4, 0.5) is 10.1 Å². The Labute approximate surface area is 98.5 Å². The van der Waals surface area contributed by atoms with Crippen LogP contribution in [0.2, 0.25) is 0 Å². The van der Waals surface area contributed by atoms with Crippen molar-refractivity contribution in [3.8, 4) is 11.1 Å². The highest BCUT2D eigenvalue weighted by atomic mass is 32.2. The molecular weight excluding hydrogens is 221 g/mol. The van der Waals surface area contributed by atoms with Gasteiger partial charge in [-0.05, 0) is 24.0 Å². The number of nitrogens with two attached hydrogens (primary N) is 1. The van der Waals surface area contributed by atoms with E-state index in [4.69, 9.17) is 5.73 Å². The molecule has 0 radical (unpaired) electrons. The zero-order valence-electron chi connectivity index (χ0n) is 8.91. The number of hydrogen-bond donors (Lipinski definition) is 1.